The topological polar surface area (TPSA) is 126 Å². The van der Waals surface area contributed by atoms with Crippen molar-refractivity contribution in [3.63, 3.8) is 0 Å². The maximum absolute atomic E-state index is 12.7. The van der Waals surface area contributed by atoms with Crippen LogP contribution in [0, 0.1) is 0 Å². The number of phenols is 1. The number of ether oxygens (including phenoxy) is 2. The van der Waals surface area contributed by atoms with Gasteiger partial charge in [-0.3, -0.25) is 20.4 Å². The first-order valence-electron chi connectivity index (χ1n) is 9.63. The van der Waals surface area contributed by atoms with Crippen LogP contribution in [-0.2, 0) is 10.0 Å². The minimum atomic E-state index is -3.93. The van der Waals surface area contributed by atoms with Crippen molar-refractivity contribution in [2.45, 2.75) is 4.90 Å². The molecule has 0 fully saturated rings. The summed E-state index contributed by atoms with van der Waals surface area (Å²) in [6, 6.07) is 16.6. The highest BCUT2D eigenvalue weighted by Crippen LogP contribution is 2.27. The van der Waals surface area contributed by atoms with E-state index in [1.54, 1.807) is 36.4 Å². The summed E-state index contributed by atoms with van der Waals surface area (Å²) in [7, 11) is -0.941. The van der Waals surface area contributed by atoms with Crippen molar-refractivity contribution in [3.05, 3.63) is 84.4 Å². The molecule has 0 spiro atoms. The largest absolute Gasteiger partial charge is 0.507 e. The second-order valence-corrected chi connectivity index (χ2v) is 8.48. The van der Waals surface area contributed by atoms with Crippen LogP contribution >= 0.6 is 0 Å². The second kappa shape index (κ2) is 9.96. The van der Waals surface area contributed by atoms with Crippen LogP contribution in [0.3, 0.4) is 0 Å². The van der Waals surface area contributed by atoms with Crippen LogP contribution in [0.5, 0.6) is 17.2 Å². The molecule has 3 rings (SSSR count). The van der Waals surface area contributed by atoms with Crippen molar-refractivity contribution in [1.29, 1.82) is 0 Å². The zero-order valence-electron chi connectivity index (χ0n) is 18.0. The number of nitrogens with one attached hydrogen (secondary N) is 3. The molecule has 0 bridgehead atoms. The molecule has 0 radical (unpaired) electrons. The number of hydrogen-bond donors (Lipinski definition) is 4. The number of carbonyl (C=O) groups excluding carboxylic acids is 1. The van der Waals surface area contributed by atoms with E-state index in [1.165, 1.54) is 44.6 Å². The number of rotatable bonds is 9. The van der Waals surface area contributed by atoms with E-state index in [2.05, 4.69) is 22.2 Å². The average Bonchev–Trinajstić information content (AvgIpc) is 2.82. The Hall–Kier alpha value is -4.18. The monoisotopic (exact) mass is 469 g/mol. The lowest BCUT2D eigenvalue weighted by Gasteiger charge is -2.14. The molecule has 172 valence electrons. The van der Waals surface area contributed by atoms with Gasteiger partial charge in [0.2, 0.25) is 0 Å². The molecule has 0 aliphatic rings. The molecule has 3 aromatic rings. The fourth-order valence-electron chi connectivity index (χ4n) is 2.84. The van der Waals surface area contributed by atoms with Crippen LogP contribution in [0.15, 0.2) is 78.2 Å². The summed E-state index contributed by atoms with van der Waals surface area (Å²) >= 11 is 0. The first kappa shape index (κ1) is 23.5. The zero-order chi connectivity index (χ0) is 24.0. The van der Waals surface area contributed by atoms with E-state index in [1.807, 2.05) is 0 Å². The smallest absolute Gasteiger partial charge is 0.269 e. The number of hydrazine groups is 1. The molecule has 0 saturated carbocycles. The number of carbonyl (C=O) groups is 1. The standard InChI is InChI=1S/C23H23N3O6S/c1-15(21-12-11-19(32-3)14-22(21)27)24-25-23(28)16-5-4-6-20(13-16)33(29,30)26-17-7-9-18(31-2)10-8-17/h4-14,24,26-27H,1H2,2-3H3,(H,25,28). The number of anilines is 1. The van der Waals surface area contributed by atoms with Gasteiger partial charge >= 0.3 is 0 Å². The third-order valence-corrected chi connectivity index (χ3v) is 5.98. The van der Waals surface area contributed by atoms with E-state index in [-0.39, 0.29) is 21.9 Å². The van der Waals surface area contributed by atoms with Gasteiger partial charge in [-0.15, -0.1) is 0 Å². The van der Waals surface area contributed by atoms with Crippen molar-refractivity contribution in [2.75, 3.05) is 18.9 Å². The molecule has 0 aromatic heterocycles. The molecule has 3 aromatic carbocycles. The lowest BCUT2D eigenvalue weighted by atomic mass is 10.1. The third kappa shape index (κ3) is 5.74. The molecular formula is C23H23N3O6S. The van der Waals surface area contributed by atoms with Crippen LogP contribution in [-0.4, -0.2) is 33.7 Å². The van der Waals surface area contributed by atoms with Gasteiger partial charge in [0.05, 0.1) is 24.8 Å². The molecule has 0 aliphatic carbocycles. The van der Waals surface area contributed by atoms with Crippen molar-refractivity contribution in [2.24, 2.45) is 0 Å². The van der Waals surface area contributed by atoms with E-state index in [0.717, 1.165) is 0 Å². The predicted octanol–water partition coefficient (Wildman–Crippen LogP) is 3.12. The molecule has 33 heavy (non-hydrogen) atoms. The Morgan fingerprint density at radius 3 is 2.21 bits per heavy atom. The van der Waals surface area contributed by atoms with Gasteiger partial charge in [-0.1, -0.05) is 12.6 Å². The summed E-state index contributed by atoms with van der Waals surface area (Å²) in [6.45, 7) is 3.78. The minimum absolute atomic E-state index is 0.0844. The van der Waals surface area contributed by atoms with Gasteiger partial charge in [0.1, 0.15) is 17.2 Å². The Balaban J connectivity index is 1.69. The quantitative estimate of drug-likeness (QED) is 0.355. The van der Waals surface area contributed by atoms with Crippen LogP contribution in [0.25, 0.3) is 5.70 Å². The first-order valence-corrected chi connectivity index (χ1v) is 11.1. The van der Waals surface area contributed by atoms with E-state index in [4.69, 9.17) is 9.47 Å². The summed E-state index contributed by atoms with van der Waals surface area (Å²) in [6.07, 6.45) is 0. The number of amides is 1. The maximum atomic E-state index is 12.7. The van der Waals surface area contributed by atoms with Crippen LogP contribution < -0.4 is 25.0 Å². The lowest BCUT2D eigenvalue weighted by molar-refractivity contribution is 0.0942. The molecule has 0 saturated heterocycles. The van der Waals surface area contributed by atoms with Crippen molar-refractivity contribution >= 4 is 27.3 Å². The van der Waals surface area contributed by atoms with Crippen LogP contribution in [0.4, 0.5) is 5.69 Å². The Bertz CT molecular complexity index is 1270. The Morgan fingerprint density at radius 1 is 0.909 bits per heavy atom. The highest BCUT2D eigenvalue weighted by atomic mass is 32.2. The number of benzene rings is 3. The van der Waals surface area contributed by atoms with Crippen molar-refractivity contribution < 1.29 is 27.8 Å². The molecule has 10 heteroatoms. The van der Waals surface area contributed by atoms with Crippen LogP contribution in [0.2, 0.25) is 0 Å². The summed E-state index contributed by atoms with van der Waals surface area (Å²) in [5.74, 6) is 0.382. The highest BCUT2D eigenvalue weighted by Gasteiger charge is 2.17. The molecule has 4 N–H and O–H groups in total. The fourth-order valence-corrected chi connectivity index (χ4v) is 3.95. The van der Waals surface area contributed by atoms with Crippen molar-refractivity contribution in [1.82, 2.24) is 10.9 Å². The zero-order valence-corrected chi connectivity index (χ0v) is 18.8. The first-order chi connectivity index (χ1) is 15.7. The number of hydrogen-bond acceptors (Lipinski definition) is 7. The van der Waals surface area contributed by atoms with E-state index < -0.39 is 15.9 Å². The van der Waals surface area contributed by atoms with Crippen molar-refractivity contribution in [3.8, 4) is 17.2 Å². The number of sulfonamides is 1. The summed E-state index contributed by atoms with van der Waals surface area (Å²) in [5.41, 5.74) is 6.09. The van der Waals surface area contributed by atoms with Gasteiger partial charge in [0.25, 0.3) is 15.9 Å². The Kier molecular flexibility index (Phi) is 7.09. The van der Waals surface area contributed by atoms with E-state index in [9.17, 15) is 18.3 Å². The molecule has 9 nitrogen and oxygen atoms in total. The van der Waals surface area contributed by atoms with Gasteiger partial charge in [-0.05, 0) is 54.6 Å². The van der Waals surface area contributed by atoms with Gasteiger partial charge in [-0.2, -0.15) is 0 Å². The highest BCUT2D eigenvalue weighted by molar-refractivity contribution is 7.92. The number of phenolic OH excluding ortho intramolecular Hbond substituents is 1. The molecule has 0 heterocycles. The lowest BCUT2D eigenvalue weighted by Crippen LogP contribution is -2.36. The maximum Gasteiger partial charge on any atom is 0.269 e. The normalized spacial score (nSPS) is 10.7. The van der Waals surface area contributed by atoms with E-state index in [0.29, 0.717) is 22.7 Å². The molecule has 0 unspecified atom stereocenters. The van der Waals surface area contributed by atoms with Gasteiger partial charge < -0.3 is 14.6 Å². The third-order valence-electron chi connectivity index (χ3n) is 4.61. The fraction of sp³-hybridized carbons (Fsp3) is 0.0870. The molecule has 1 amide bonds. The summed E-state index contributed by atoms with van der Waals surface area (Å²) < 4.78 is 38.0. The Labute approximate surface area is 191 Å². The minimum Gasteiger partial charge on any atom is -0.507 e. The SMILES string of the molecule is C=C(NNC(=O)c1cccc(S(=O)(=O)Nc2ccc(OC)cc2)c1)c1ccc(OC)cc1O. The summed E-state index contributed by atoms with van der Waals surface area (Å²) in [4.78, 5) is 12.5. The van der Waals surface area contributed by atoms with Gasteiger partial charge in [0, 0.05) is 22.9 Å². The number of aromatic hydroxyl groups is 1. The van der Waals surface area contributed by atoms with Gasteiger partial charge in [-0.25, -0.2) is 8.42 Å². The van der Waals surface area contributed by atoms with E-state index >= 15 is 0 Å². The second-order valence-electron chi connectivity index (χ2n) is 6.80. The van der Waals surface area contributed by atoms with Gasteiger partial charge in [0.15, 0.2) is 0 Å². The average molecular weight is 470 g/mol. The molecule has 0 atom stereocenters. The summed E-state index contributed by atoms with van der Waals surface area (Å²) in [5, 5.41) is 10.1. The number of methoxy groups -OCH3 is 2. The molecule has 0 aliphatic heterocycles. The Morgan fingerprint density at radius 2 is 1.58 bits per heavy atom. The predicted molar refractivity (Wildman–Crippen MR) is 125 cm³/mol. The molecular weight excluding hydrogens is 446 g/mol. The van der Waals surface area contributed by atoms with Crippen LogP contribution in [0.1, 0.15) is 15.9 Å².